The van der Waals surface area contributed by atoms with Crippen LogP contribution in [0.1, 0.15) is 10.4 Å². The fourth-order valence-corrected chi connectivity index (χ4v) is 3.89. The van der Waals surface area contributed by atoms with Crippen molar-refractivity contribution < 1.29 is 8.42 Å². The van der Waals surface area contributed by atoms with E-state index in [1.54, 1.807) is 30.5 Å². The minimum Gasteiger partial charge on any atom is -0.330 e. The third-order valence-corrected chi connectivity index (χ3v) is 6.13. The second-order valence-electron chi connectivity index (χ2n) is 4.84. The number of rotatable bonds is 7. The first-order chi connectivity index (χ1) is 10.0. The van der Waals surface area contributed by atoms with Gasteiger partial charge in [-0.25, -0.2) is 12.7 Å². The number of hydrogen-bond donors (Lipinski definition) is 1. The number of thiophene rings is 1. The van der Waals surface area contributed by atoms with Crippen LogP contribution in [-0.4, -0.2) is 32.9 Å². The second-order valence-corrected chi connectivity index (χ2v) is 7.92. The molecule has 0 fully saturated rings. The first-order valence-corrected chi connectivity index (χ1v) is 9.14. The standard InChI is InChI=1S/C15H20N2O2S2/c1-17(11-9-14-3-2-12-20-14)21(18,19)15-6-4-13(5-7-15)8-10-16/h2-7,12H,8-11,16H2,1H3. The van der Waals surface area contributed by atoms with Crippen molar-refractivity contribution in [2.75, 3.05) is 20.1 Å². The van der Waals surface area contributed by atoms with Crippen LogP contribution in [0, 0.1) is 0 Å². The maximum atomic E-state index is 12.5. The summed E-state index contributed by atoms with van der Waals surface area (Å²) in [7, 11) is -1.80. The van der Waals surface area contributed by atoms with Gasteiger partial charge in [0.15, 0.2) is 0 Å². The van der Waals surface area contributed by atoms with E-state index in [0.717, 1.165) is 18.4 Å². The van der Waals surface area contributed by atoms with Crippen LogP contribution in [-0.2, 0) is 22.9 Å². The number of nitrogens with zero attached hydrogens (tertiary/aromatic N) is 1. The maximum absolute atomic E-state index is 12.5. The number of likely N-dealkylation sites (N-methyl/N-ethyl adjacent to an activating group) is 1. The molecule has 0 aliphatic rings. The van der Waals surface area contributed by atoms with Crippen molar-refractivity contribution in [3.63, 3.8) is 0 Å². The molecule has 0 atom stereocenters. The monoisotopic (exact) mass is 324 g/mol. The quantitative estimate of drug-likeness (QED) is 0.848. The topological polar surface area (TPSA) is 63.4 Å². The van der Waals surface area contributed by atoms with E-state index in [0.29, 0.717) is 18.0 Å². The molecule has 2 N–H and O–H groups in total. The maximum Gasteiger partial charge on any atom is 0.242 e. The van der Waals surface area contributed by atoms with Crippen LogP contribution < -0.4 is 5.73 Å². The van der Waals surface area contributed by atoms with Gasteiger partial charge in [-0.3, -0.25) is 0 Å². The summed E-state index contributed by atoms with van der Waals surface area (Å²) in [4.78, 5) is 1.52. The summed E-state index contributed by atoms with van der Waals surface area (Å²) >= 11 is 1.65. The average Bonchev–Trinajstić information content (AvgIpc) is 2.99. The molecule has 0 saturated carbocycles. The molecule has 0 bridgehead atoms. The van der Waals surface area contributed by atoms with Crippen LogP contribution in [0.25, 0.3) is 0 Å². The van der Waals surface area contributed by atoms with Crippen molar-refractivity contribution in [3.05, 3.63) is 52.2 Å². The van der Waals surface area contributed by atoms with Gasteiger partial charge in [0.1, 0.15) is 0 Å². The first-order valence-electron chi connectivity index (χ1n) is 6.82. The highest BCUT2D eigenvalue weighted by Crippen LogP contribution is 2.17. The van der Waals surface area contributed by atoms with Crippen molar-refractivity contribution in [2.24, 2.45) is 5.73 Å². The van der Waals surface area contributed by atoms with Crippen LogP contribution in [0.3, 0.4) is 0 Å². The Morgan fingerprint density at radius 3 is 2.43 bits per heavy atom. The summed E-state index contributed by atoms with van der Waals surface area (Å²) in [6, 6.07) is 11.0. The van der Waals surface area contributed by atoms with Crippen molar-refractivity contribution in [1.82, 2.24) is 4.31 Å². The Morgan fingerprint density at radius 1 is 1.14 bits per heavy atom. The molecule has 0 amide bonds. The van der Waals surface area contributed by atoms with Crippen molar-refractivity contribution in [2.45, 2.75) is 17.7 Å². The van der Waals surface area contributed by atoms with Gasteiger partial charge in [-0.05, 0) is 48.5 Å². The molecule has 0 radical (unpaired) electrons. The van der Waals surface area contributed by atoms with E-state index in [2.05, 4.69) is 0 Å². The highest BCUT2D eigenvalue weighted by molar-refractivity contribution is 7.89. The van der Waals surface area contributed by atoms with Crippen LogP contribution in [0.5, 0.6) is 0 Å². The number of hydrogen-bond acceptors (Lipinski definition) is 4. The molecular weight excluding hydrogens is 304 g/mol. The lowest BCUT2D eigenvalue weighted by Crippen LogP contribution is -2.28. The molecule has 0 aliphatic heterocycles. The Morgan fingerprint density at radius 2 is 1.86 bits per heavy atom. The smallest absolute Gasteiger partial charge is 0.242 e. The van der Waals surface area contributed by atoms with Gasteiger partial charge in [-0.15, -0.1) is 11.3 Å². The summed E-state index contributed by atoms with van der Waals surface area (Å²) < 4.78 is 26.3. The number of nitrogens with two attached hydrogens (primary N) is 1. The largest absolute Gasteiger partial charge is 0.330 e. The summed E-state index contributed by atoms with van der Waals surface area (Å²) in [5.74, 6) is 0. The molecule has 0 aliphatic carbocycles. The van der Waals surface area contributed by atoms with E-state index in [9.17, 15) is 8.42 Å². The van der Waals surface area contributed by atoms with Gasteiger partial charge < -0.3 is 5.73 Å². The SMILES string of the molecule is CN(CCc1cccs1)S(=O)(=O)c1ccc(CCN)cc1. The fraction of sp³-hybridized carbons (Fsp3) is 0.333. The van der Waals surface area contributed by atoms with Crippen LogP contribution in [0.4, 0.5) is 0 Å². The van der Waals surface area contributed by atoms with E-state index in [4.69, 9.17) is 5.73 Å². The lowest BCUT2D eigenvalue weighted by Gasteiger charge is -2.17. The van der Waals surface area contributed by atoms with Crippen molar-refractivity contribution in [3.8, 4) is 0 Å². The molecular formula is C15H20N2O2S2. The zero-order valence-electron chi connectivity index (χ0n) is 12.0. The second kappa shape index (κ2) is 7.17. The first kappa shape index (κ1) is 16.2. The zero-order valence-corrected chi connectivity index (χ0v) is 13.7. The number of sulfonamides is 1. The molecule has 114 valence electrons. The Labute approximate surface area is 130 Å². The highest BCUT2D eigenvalue weighted by atomic mass is 32.2. The Bertz CT molecular complexity index is 649. The van der Waals surface area contributed by atoms with Crippen LogP contribution in [0.15, 0.2) is 46.7 Å². The van der Waals surface area contributed by atoms with Gasteiger partial charge in [-0.1, -0.05) is 18.2 Å². The third kappa shape index (κ3) is 4.14. The highest BCUT2D eigenvalue weighted by Gasteiger charge is 2.20. The predicted octanol–water partition coefficient (Wildman–Crippen LogP) is 2.11. The fourth-order valence-electron chi connectivity index (χ4n) is 2.02. The molecule has 1 aromatic heterocycles. The Balaban J connectivity index is 2.05. The Kier molecular flexibility index (Phi) is 5.52. The predicted molar refractivity (Wildman–Crippen MR) is 87.0 cm³/mol. The van der Waals surface area contributed by atoms with Gasteiger partial charge in [-0.2, -0.15) is 0 Å². The van der Waals surface area contributed by atoms with E-state index in [1.807, 2.05) is 29.6 Å². The van der Waals surface area contributed by atoms with Gasteiger partial charge in [0.25, 0.3) is 0 Å². The Hall–Kier alpha value is -1.21. The molecule has 2 aromatic rings. The average molecular weight is 324 g/mol. The van der Waals surface area contributed by atoms with Gasteiger partial charge in [0.05, 0.1) is 4.90 Å². The minimum absolute atomic E-state index is 0.331. The normalized spacial score (nSPS) is 12.0. The molecule has 4 nitrogen and oxygen atoms in total. The van der Waals surface area contributed by atoms with Crippen LogP contribution >= 0.6 is 11.3 Å². The van der Waals surface area contributed by atoms with Crippen molar-refractivity contribution in [1.29, 1.82) is 0 Å². The molecule has 0 spiro atoms. The summed E-state index contributed by atoms with van der Waals surface area (Å²) in [6.45, 7) is 1.04. The van der Waals surface area contributed by atoms with Crippen molar-refractivity contribution >= 4 is 21.4 Å². The molecule has 21 heavy (non-hydrogen) atoms. The van der Waals surface area contributed by atoms with E-state index in [-0.39, 0.29) is 0 Å². The lowest BCUT2D eigenvalue weighted by molar-refractivity contribution is 0.473. The van der Waals surface area contributed by atoms with E-state index < -0.39 is 10.0 Å². The molecule has 0 unspecified atom stereocenters. The third-order valence-electron chi connectivity index (χ3n) is 3.32. The van der Waals surface area contributed by atoms with Crippen LogP contribution in [0.2, 0.25) is 0 Å². The lowest BCUT2D eigenvalue weighted by atomic mass is 10.2. The summed E-state index contributed by atoms with van der Waals surface area (Å²) in [5, 5.41) is 2.00. The summed E-state index contributed by atoms with van der Waals surface area (Å²) in [6.07, 6.45) is 1.49. The molecule has 0 saturated heterocycles. The zero-order chi connectivity index (χ0) is 15.3. The number of benzene rings is 1. The molecule has 2 rings (SSSR count). The van der Waals surface area contributed by atoms with E-state index >= 15 is 0 Å². The van der Waals surface area contributed by atoms with E-state index in [1.165, 1.54) is 9.18 Å². The van der Waals surface area contributed by atoms with Gasteiger partial charge in [0, 0.05) is 18.5 Å². The molecule has 1 heterocycles. The minimum atomic E-state index is -3.42. The van der Waals surface area contributed by atoms with Gasteiger partial charge in [0.2, 0.25) is 10.0 Å². The summed E-state index contributed by atoms with van der Waals surface area (Å²) in [5.41, 5.74) is 6.55. The van der Waals surface area contributed by atoms with Gasteiger partial charge >= 0.3 is 0 Å². The molecule has 1 aromatic carbocycles. The molecule has 6 heteroatoms.